The van der Waals surface area contributed by atoms with E-state index in [1.807, 2.05) is 26.0 Å². The minimum absolute atomic E-state index is 0.114. The van der Waals surface area contributed by atoms with Crippen LogP contribution in [-0.2, 0) is 6.54 Å². The molecule has 1 aromatic carbocycles. The van der Waals surface area contributed by atoms with E-state index in [0.717, 1.165) is 47.0 Å². The maximum absolute atomic E-state index is 6.35. The second-order valence-corrected chi connectivity index (χ2v) is 7.48. The van der Waals surface area contributed by atoms with Gasteiger partial charge in [0.15, 0.2) is 0 Å². The number of thiol groups is 1. The largest absolute Gasteiger partial charge is 0.489 e. The van der Waals surface area contributed by atoms with E-state index in [4.69, 9.17) is 28.6 Å². The standard InChI is InChI=1S/C17H26ClNOS2/c1-5-9-19(10-6-2,17(21)22)12-14-7-8-16(15(18)11-14)20-13(3)4/h7-8,11,13H,5-6,9-10,12H2,1-4H3/p+1. The van der Waals surface area contributed by atoms with Crippen molar-refractivity contribution in [2.45, 2.75) is 53.2 Å². The Kier molecular flexibility index (Phi) is 8.19. The molecule has 22 heavy (non-hydrogen) atoms. The minimum atomic E-state index is 0.114. The van der Waals surface area contributed by atoms with Crippen molar-refractivity contribution in [1.82, 2.24) is 0 Å². The maximum Gasteiger partial charge on any atom is 0.230 e. The van der Waals surface area contributed by atoms with E-state index in [-0.39, 0.29) is 6.10 Å². The van der Waals surface area contributed by atoms with Crippen molar-refractivity contribution in [2.75, 3.05) is 13.1 Å². The molecule has 0 spiro atoms. The Bertz CT molecular complexity index is 499. The first-order valence-electron chi connectivity index (χ1n) is 7.89. The van der Waals surface area contributed by atoms with Gasteiger partial charge < -0.3 is 4.74 Å². The fourth-order valence-electron chi connectivity index (χ4n) is 2.73. The van der Waals surface area contributed by atoms with Crippen LogP contribution in [0.5, 0.6) is 5.75 Å². The highest BCUT2D eigenvalue weighted by Crippen LogP contribution is 2.29. The number of rotatable bonds is 8. The molecule has 0 saturated heterocycles. The van der Waals surface area contributed by atoms with Gasteiger partial charge in [-0.1, -0.05) is 38.1 Å². The van der Waals surface area contributed by atoms with Gasteiger partial charge in [-0.3, -0.25) is 4.48 Å². The van der Waals surface area contributed by atoms with Crippen molar-refractivity contribution >= 4 is 40.8 Å². The summed E-state index contributed by atoms with van der Waals surface area (Å²) in [4.78, 5) is 0. The van der Waals surface area contributed by atoms with Crippen LogP contribution in [-0.4, -0.2) is 28.0 Å². The van der Waals surface area contributed by atoms with Crippen LogP contribution in [0.4, 0.5) is 0 Å². The SMILES string of the molecule is CCC[N+](CCC)(Cc1ccc(OC(C)C)c(Cl)c1)C(=S)S. The molecule has 0 aliphatic carbocycles. The molecule has 0 amide bonds. The molecule has 124 valence electrons. The van der Waals surface area contributed by atoms with E-state index in [0.29, 0.717) is 5.02 Å². The highest BCUT2D eigenvalue weighted by Gasteiger charge is 2.30. The molecule has 2 nitrogen and oxygen atoms in total. The molecule has 1 rings (SSSR count). The first-order chi connectivity index (χ1) is 10.3. The third kappa shape index (κ3) is 5.41. The Morgan fingerprint density at radius 3 is 2.27 bits per heavy atom. The summed E-state index contributed by atoms with van der Waals surface area (Å²) in [6.45, 7) is 11.2. The number of benzene rings is 1. The molecule has 0 radical (unpaired) electrons. The van der Waals surface area contributed by atoms with Crippen LogP contribution in [0.3, 0.4) is 0 Å². The summed E-state index contributed by atoms with van der Waals surface area (Å²) in [5.74, 6) is 0.734. The Hall–Kier alpha value is -0.290. The lowest BCUT2D eigenvalue weighted by Gasteiger charge is -2.36. The van der Waals surface area contributed by atoms with Crippen molar-refractivity contribution in [3.63, 3.8) is 0 Å². The summed E-state index contributed by atoms with van der Waals surface area (Å²) >= 11 is 16.3. The normalized spacial score (nSPS) is 11.8. The summed E-state index contributed by atoms with van der Waals surface area (Å²) in [6.07, 6.45) is 2.26. The Labute approximate surface area is 150 Å². The van der Waals surface area contributed by atoms with Gasteiger partial charge in [0, 0.05) is 5.56 Å². The molecule has 0 bridgehead atoms. The van der Waals surface area contributed by atoms with Gasteiger partial charge in [-0.05, 0) is 57.1 Å². The molecule has 0 fully saturated rings. The average molecular weight is 361 g/mol. The zero-order chi connectivity index (χ0) is 16.8. The number of quaternary nitrogens is 1. The van der Waals surface area contributed by atoms with Crippen molar-refractivity contribution in [3.05, 3.63) is 28.8 Å². The van der Waals surface area contributed by atoms with Crippen LogP contribution < -0.4 is 4.74 Å². The lowest BCUT2D eigenvalue weighted by molar-refractivity contribution is -0.849. The summed E-state index contributed by atoms with van der Waals surface area (Å²) in [7, 11) is 0. The number of thiocarbonyl (C=S) groups is 1. The predicted molar refractivity (Wildman–Crippen MR) is 103 cm³/mol. The third-order valence-corrected chi connectivity index (χ3v) is 4.66. The summed E-state index contributed by atoms with van der Waals surface area (Å²) in [6, 6.07) is 6.02. The zero-order valence-electron chi connectivity index (χ0n) is 13.9. The molecule has 0 saturated carbocycles. The van der Waals surface area contributed by atoms with Gasteiger partial charge in [0.1, 0.15) is 12.3 Å². The lowest BCUT2D eigenvalue weighted by Crippen LogP contribution is -2.50. The fraction of sp³-hybridized carbons (Fsp3) is 0.588. The quantitative estimate of drug-likeness (QED) is 0.373. The monoisotopic (exact) mass is 360 g/mol. The first-order valence-corrected chi connectivity index (χ1v) is 9.12. The van der Waals surface area contributed by atoms with Crippen LogP contribution in [0.15, 0.2) is 18.2 Å². The second-order valence-electron chi connectivity index (χ2n) is 5.96. The lowest BCUT2D eigenvalue weighted by atomic mass is 10.1. The maximum atomic E-state index is 6.35. The molecular weight excluding hydrogens is 334 g/mol. The van der Waals surface area contributed by atoms with Crippen molar-refractivity contribution in [3.8, 4) is 5.75 Å². The van der Waals surface area contributed by atoms with E-state index in [1.165, 1.54) is 5.56 Å². The highest BCUT2D eigenvalue weighted by atomic mass is 35.5. The Morgan fingerprint density at radius 1 is 1.27 bits per heavy atom. The average Bonchev–Trinajstić information content (AvgIpc) is 2.41. The number of hydrogen-bond acceptors (Lipinski definition) is 2. The summed E-state index contributed by atoms with van der Waals surface area (Å²) < 4.78 is 7.18. The molecule has 0 N–H and O–H groups in total. The van der Waals surface area contributed by atoms with Crippen LogP contribution in [0, 0.1) is 0 Å². The molecule has 0 heterocycles. The Balaban J connectivity index is 3.03. The minimum Gasteiger partial charge on any atom is -0.489 e. The number of hydrogen-bond donors (Lipinski definition) is 1. The zero-order valence-corrected chi connectivity index (χ0v) is 16.4. The summed E-state index contributed by atoms with van der Waals surface area (Å²) in [5, 5.41) is 0.655. The van der Waals surface area contributed by atoms with Crippen LogP contribution in [0.25, 0.3) is 0 Å². The summed E-state index contributed by atoms with van der Waals surface area (Å²) in [5.41, 5.74) is 1.17. The van der Waals surface area contributed by atoms with E-state index in [9.17, 15) is 0 Å². The van der Waals surface area contributed by atoms with Gasteiger partial charge >= 0.3 is 0 Å². The topological polar surface area (TPSA) is 9.23 Å². The van der Waals surface area contributed by atoms with E-state index in [1.54, 1.807) is 0 Å². The Morgan fingerprint density at radius 2 is 1.86 bits per heavy atom. The predicted octanol–water partition coefficient (Wildman–Crippen LogP) is 5.48. The van der Waals surface area contributed by atoms with E-state index < -0.39 is 0 Å². The van der Waals surface area contributed by atoms with Gasteiger partial charge in [-0.25, -0.2) is 0 Å². The smallest absolute Gasteiger partial charge is 0.230 e. The van der Waals surface area contributed by atoms with Gasteiger partial charge in [-0.15, -0.1) is 0 Å². The van der Waals surface area contributed by atoms with Crippen molar-refractivity contribution < 1.29 is 9.22 Å². The second kappa shape index (κ2) is 9.11. The van der Waals surface area contributed by atoms with E-state index in [2.05, 4.69) is 32.5 Å². The molecule has 0 aliphatic heterocycles. The molecule has 0 atom stereocenters. The van der Waals surface area contributed by atoms with Gasteiger partial charge in [0.25, 0.3) is 0 Å². The highest BCUT2D eigenvalue weighted by molar-refractivity contribution is 8.10. The first kappa shape index (κ1) is 19.8. The number of nitrogens with zero attached hydrogens (tertiary/aromatic N) is 1. The van der Waals surface area contributed by atoms with Gasteiger partial charge in [0.05, 0.1) is 24.2 Å². The molecule has 0 aliphatic rings. The molecule has 0 unspecified atom stereocenters. The van der Waals surface area contributed by atoms with Gasteiger partial charge in [0.2, 0.25) is 4.32 Å². The fourth-order valence-corrected chi connectivity index (χ4v) is 3.49. The van der Waals surface area contributed by atoms with Gasteiger partial charge in [-0.2, -0.15) is 0 Å². The van der Waals surface area contributed by atoms with Crippen LogP contribution in [0.2, 0.25) is 5.02 Å². The van der Waals surface area contributed by atoms with Crippen molar-refractivity contribution in [1.29, 1.82) is 0 Å². The molecule has 5 heteroatoms. The van der Waals surface area contributed by atoms with Crippen molar-refractivity contribution in [2.24, 2.45) is 0 Å². The number of ether oxygens (including phenoxy) is 1. The van der Waals surface area contributed by atoms with Crippen LogP contribution >= 0.6 is 36.4 Å². The third-order valence-electron chi connectivity index (χ3n) is 3.55. The van der Waals surface area contributed by atoms with E-state index >= 15 is 0 Å². The molecule has 1 aromatic rings. The molecular formula is C17H27ClNOS2+. The molecule has 0 aromatic heterocycles. The number of halogens is 1. The van der Waals surface area contributed by atoms with Crippen LogP contribution in [0.1, 0.15) is 46.1 Å².